The van der Waals surface area contributed by atoms with Crippen LogP contribution in [-0.2, 0) is 38.3 Å². The Morgan fingerprint density at radius 3 is 1.43 bits per heavy atom. The van der Waals surface area contributed by atoms with Gasteiger partial charge in [-0.3, -0.25) is 0 Å². The van der Waals surface area contributed by atoms with Crippen LogP contribution in [-0.4, -0.2) is 65.4 Å². The van der Waals surface area contributed by atoms with Crippen LogP contribution in [0.2, 0.25) is 10.0 Å². The second-order valence-electron chi connectivity index (χ2n) is 12.0. The van der Waals surface area contributed by atoms with Crippen LogP contribution in [0.1, 0.15) is 36.1 Å². The lowest BCUT2D eigenvalue weighted by atomic mass is 9.96. The number of fused-ring (bicyclic) bond motifs is 2. The van der Waals surface area contributed by atoms with Gasteiger partial charge in [-0.25, -0.2) is 9.59 Å². The van der Waals surface area contributed by atoms with Crippen LogP contribution in [0, 0.1) is 0 Å². The Balaban J connectivity index is 1.43. The second kappa shape index (κ2) is 14.6. The van der Waals surface area contributed by atoms with Crippen molar-refractivity contribution in [1.29, 1.82) is 0 Å². The highest BCUT2D eigenvalue weighted by Gasteiger charge is 2.20. The number of phenolic OH excluding ortho intramolecular Hbond substituents is 2. The van der Waals surface area contributed by atoms with Crippen molar-refractivity contribution in [3.05, 3.63) is 117 Å². The van der Waals surface area contributed by atoms with Gasteiger partial charge in [-0.15, -0.1) is 30.0 Å². The van der Waals surface area contributed by atoms with Gasteiger partial charge >= 0.3 is 11.9 Å². The van der Waals surface area contributed by atoms with E-state index in [0.717, 1.165) is 0 Å². The Kier molecular flexibility index (Phi) is 10.1. The maximum absolute atomic E-state index is 12.1. The van der Waals surface area contributed by atoms with Gasteiger partial charge in [-0.2, -0.15) is 0 Å². The number of phenols is 2. The van der Waals surface area contributed by atoms with Gasteiger partial charge in [0.25, 0.3) is 0 Å². The number of benzene rings is 4. The van der Waals surface area contributed by atoms with E-state index in [1.165, 1.54) is 9.59 Å². The van der Waals surface area contributed by atoms with Gasteiger partial charge in [-0.1, -0.05) is 48.5 Å². The van der Waals surface area contributed by atoms with E-state index in [4.69, 9.17) is 32.7 Å². The van der Waals surface area contributed by atoms with Gasteiger partial charge in [0.1, 0.15) is 44.9 Å². The zero-order valence-corrected chi connectivity index (χ0v) is 29.2. The summed E-state index contributed by atoms with van der Waals surface area (Å²) in [4.78, 5) is 26.8. The fraction of sp³-hybridized carbons (Fsp3) is 0.189. The van der Waals surface area contributed by atoms with E-state index in [1.807, 2.05) is 0 Å². The zero-order valence-electron chi connectivity index (χ0n) is 27.7. The summed E-state index contributed by atoms with van der Waals surface area (Å²) >= 11 is 12.4. The molecular weight excluding hydrogens is 695 g/mol. The summed E-state index contributed by atoms with van der Waals surface area (Å²) in [5.74, 6) is -1.31. The minimum absolute atomic E-state index is 0.0374. The molecule has 0 saturated heterocycles. The average molecular weight is 728 g/mol. The molecule has 0 atom stereocenters. The van der Waals surface area contributed by atoms with Crippen molar-refractivity contribution in [1.82, 2.24) is 30.0 Å². The van der Waals surface area contributed by atoms with Crippen molar-refractivity contribution >= 4 is 57.2 Å². The number of aromatic nitrogens is 6. The fourth-order valence-corrected chi connectivity index (χ4v) is 5.65. The molecule has 0 bridgehead atoms. The number of rotatable bonds is 12. The van der Waals surface area contributed by atoms with Gasteiger partial charge in [0, 0.05) is 51.6 Å². The topological polar surface area (TPSA) is 154 Å². The largest absolute Gasteiger partial charge is 0.505 e. The van der Waals surface area contributed by atoms with Crippen LogP contribution >= 0.6 is 23.2 Å². The number of halogens is 2. The second-order valence-corrected chi connectivity index (χ2v) is 12.9. The summed E-state index contributed by atoms with van der Waals surface area (Å²) in [7, 11) is 0. The molecule has 0 aliphatic rings. The molecule has 0 radical (unpaired) electrons. The Bertz CT molecular complexity index is 2200. The van der Waals surface area contributed by atoms with E-state index in [0.29, 0.717) is 67.2 Å². The SMILES string of the molecule is C=C(C)C(=O)OCCc1cc(Cc2cc(CCOC(=O)C(=C)C)cc(-n3nc4ccc(Cl)cc4n3)c2O)c(O)c(-n2nc3ccc(Cl)cc3n2)c1. The van der Waals surface area contributed by atoms with Crippen LogP contribution in [0.4, 0.5) is 0 Å². The van der Waals surface area contributed by atoms with Gasteiger partial charge in [0.2, 0.25) is 0 Å². The lowest BCUT2D eigenvalue weighted by Crippen LogP contribution is -2.10. The summed E-state index contributed by atoms with van der Waals surface area (Å²) < 4.78 is 10.7. The first-order valence-electron chi connectivity index (χ1n) is 15.8. The van der Waals surface area contributed by atoms with Crippen LogP contribution < -0.4 is 0 Å². The van der Waals surface area contributed by atoms with E-state index in [-0.39, 0.29) is 53.7 Å². The Labute approximate surface area is 302 Å². The first kappa shape index (κ1) is 35.1. The molecule has 6 aromatic rings. The molecular formula is C37H32Cl2N6O6. The maximum Gasteiger partial charge on any atom is 0.333 e. The van der Waals surface area contributed by atoms with Crippen molar-refractivity contribution in [2.45, 2.75) is 33.1 Å². The first-order valence-corrected chi connectivity index (χ1v) is 16.5. The third-order valence-electron chi connectivity index (χ3n) is 7.90. The monoisotopic (exact) mass is 726 g/mol. The zero-order chi connectivity index (χ0) is 36.4. The highest BCUT2D eigenvalue weighted by Crippen LogP contribution is 2.35. The molecule has 2 N–H and O–H groups in total. The number of carbonyl (C=O) groups is 2. The van der Waals surface area contributed by atoms with Gasteiger partial charge < -0.3 is 19.7 Å². The third-order valence-corrected chi connectivity index (χ3v) is 8.37. The molecule has 0 aliphatic carbocycles. The molecule has 0 unspecified atom stereocenters. The maximum atomic E-state index is 12.1. The van der Waals surface area contributed by atoms with Crippen molar-refractivity contribution in [2.24, 2.45) is 0 Å². The standard InChI is InChI=1S/C37H32Cl2N6O6/c1-20(2)36(48)50-11-9-22-13-24(34(46)32(15-22)44-40-28-7-5-26(38)18-30(28)42-44)17-25-14-23(10-12-51-37(49)21(3)4)16-33(35(25)47)45-41-29-8-6-27(39)19-31(29)43-45/h5-8,13-16,18-19,46-47H,1,3,9-12,17H2,2,4H3. The Morgan fingerprint density at radius 1 is 0.647 bits per heavy atom. The molecule has 12 nitrogen and oxygen atoms in total. The average Bonchev–Trinajstić information content (AvgIpc) is 3.70. The van der Waals surface area contributed by atoms with Gasteiger partial charge in [-0.05, 0) is 73.5 Å². The Morgan fingerprint density at radius 2 is 1.04 bits per heavy atom. The summed E-state index contributed by atoms with van der Waals surface area (Å²) in [5.41, 5.74) is 5.48. The molecule has 2 aromatic heterocycles. The normalized spacial score (nSPS) is 11.2. The summed E-state index contributed by atoms with van der Waals surface area (Å²) in [5, 5.41) is 42.5. The number of hydrogen-bond acceptors (Lipinski definition) is 10. The van der Waals surface area contributed by atoms with Crippen molar-refractivity contribution in [3.8, 4) is 22.9 Å². The third kappa shape index (κ3) is 7.87. The molecule has 4 aromatic carbocycles. The predicted octanol–water partition coefficient (Wildman–Crippen LogP) is 6.79. The smallest absolute Gasteiger partial charge is 0.333 e. The van der Waals surface area contributed by atoms with Crippen molar-refractivity contribution in [2.75, 3.05) is 13.2 Å². The fourth-order valence-electron chi connectivity index (χ4n) is 5.31. The number of ether oxygens (including phenoxy) is 2. The number of esters is 2. The van der Waals surface area contributed by atoms with Crippen LogP contribution in [0.25, 0.3) is 33.4 Å². The van der Waals surface area contributed by atoms with Gasteiger partial charge in [0.15, 0.2) is 0 Å². The summed E-state index contributed by atoms with van der Waals surface area (Å²) in [6, 6.07) is 17.1. The minimum atomic E-state index is -0.517. The predicted molar refractivity (Wildman–Crippen MR) is 193 cm³/mol. The van der Waals surface area contributed by atoms with Crippen molar-refractivity contribution < 1.29 is 29.3 Å². The lowest BCUT2D eigenvalue weighted by molar-refractivity contribution is -0.139. The number of hydrogen-bond donors (Lipinski definition) is 2. The van der Waals surface area contributed by atoms with Crippen LogP contribution in [0.3, 0.4) is 0 Å². The molecule has 6 rings (SSSR count). The molecule has 2 heterocycles. The van der Waals surface area contributed by atoms with E-state index < -0.39 is 11.9 Å². The molecule has 51 heavy (non-hydrogen) atoms. The van der Waals surface area contributed by atoms with Crippen LogP contribution in [0.5, 0.6) is 11.5 Å². The summed E-state index contributed by atoms with van der Waals surface area (Å²) in [6.45, 7) is 10.5. The number of nitrogens with zero attached hydrogens (tertiary/aromatic N) is 6. The van der Waals surface area contributed by atoms with E-state index in [9.17, 15) is 19.8 Å². The molecule has 0 amide bonds. The number of carbonyl (C=O) groups excluding carboxylic acids is 2. The molecule has 0 fully saturated rings. The molecule has 0 saturated carbocycles. The van der Waals surface area contributed by atoms with E-state index in [1.54, 1.807) is 74.5 Å². The summed E-state index contributed by atoms with van der Waals surface area (Å²) in [6.07, 6.45) is 0.628. The Hall–Kier alpha value is -5.72. The molecule has 0 aliphatic heterocycles. The minimum Gasteiger partial charge on any atom is -0.505 e. The van der Waals surface area contributed by atoms with Crippen LogP contribution in [0.15, 0.2) is 85.0 Å². The number of aromatic hydroxyl groups is 2. The highest BCUT2D eigenvalue weighted by atomic mass is 35.5. The lowest BCUT2D eigenvalue weighted by Gasteiger charge is -2.16. The van der Waals surface area contributed by atoms with E-state index in [2.05, 4.69) is 33.6 Å². The quantitative estimate of drug-likeness (QED) is 0.102. The first-order chi connectivity index (χ1) is 24.4. The molecule has 260 valence electrons. The van der Waals surface area contributed by atoms with Gasteiger partial charge in [0.05, 0.1) is 13.2 Å². The molecule has 0 spiro atoms. The van der Waals surface area contributed by atoms with Crippen molar-refractivity contribution in [3.63, 3.8) is 0 Å². The molecule has 14 heteroatoms. The highest BCUT2D eigenvalue weighted by molar-refractivity contribution is 6.31. The van der Waals surface area contributed by atoms with E-state index >= 15 is 0 Å².